The highest BCUT2D eigenvalue weighted by atomic mass is 32.1. The molecule has 3 aromatic rings. The molecule has 4 atom stereocenters. The molecule has 3 fully saturated rings. The molecule has 4 heteroatoms. The molecule has 0 N–H and O–H groups in total. The Hall–Kier alpha value is -1.68. The SMILES string of the molecule is c1ccc(-c2csc3nc(C45CC6CCCC(C4)C(C6)C5)cn23)nc1. The number of aromatic nitrogens is 3. The number of fused-ring (bicyclic) bond motifs is 3. The van der Waals surface area contributed by atoms with Gasteiger partial charge >= 0.3 is 0 Å². The third-order valence-electron chi connectivity index (χ3n) is 7.16. The number of thiazole rings is 1. The van der Waals surface area contributed by atoms with Crippen LogP contribution in [0.4, 0.5) is 0 Å². The van der Waals surface area contributed by atoms with Gasteiger partial charge in [-0.05, 0) is 55.6 Å². The van der Waals surface area contributed by atoms with Crippen molar-refractivity contribution in [3.8, 4) is 11.4 Å². The van der Waals surface area contributed by atoms with Crippen molar-refractivity contribution in [2.24, 2.45) is 17.8 Å². The van der Waals surface area contributed by atoms with E-state index >= 15 is 0 Å². The topological polar surface area (TPSA) is 30.2 Å². The maximum atomic E-state index is 5.13. The fourth-order valence-corrected chi connectivity index (χ4v) is 7.07. The summed E-state index contributed by atoms with van der Waals surface area (Å²) in [4.78, 5) is 10.8. The smallest absolute Gasteiger partial charge is 0.194 e. The van der Waals surface area contributed by atoms with E-state index in [9.17, 15) is 0 Å². The minimum Gasteiger partial charge on any atom is -0.288 e. The molecular weight excluding hydrogens is 326 g/mol. The van der Waals surface area contributed by atoms with Crippen LogP contribution in [0.5, 0.6) is 0 Å². The van der Waals surface area contributed by atoms with E-state index in [0.29, 0.717) is 5.41 Å². The van der Waals surface area contributed by atoms with Crippen molar-refractivity contribution in [3.05, 3.63) is 41.7 Å². The van der Waals surface area contributed by atoms with Crippen molar-refractivity contribution in [1.82, 2.24) is 14.4 Å². The number of nitrogens with zero attached hydrogens (tertiary/aromatic N) is 3. The van der Waals surface area contributed by atoms with E-state index in [1.807, 2.05) is 12.3 Å². The third-order valence-corrected chi connectivity index (χ3v) is 7.99. The Kier molecular flexibility index (Phi) is 2.99. The minimum atomic E-state index is 0.367. The van der Waals surface area contributed by atoms with Gasteiger partial charge in [0.2, 0.25) is 0 Å². The Balaban J connectivity index is 1.45. The minimum absolute atomic E-state index is 0.367. The number of rotatable bonds is 2. The van der Waals surface area contributed by atoms with Gasteiger partial charge in [-0.1, -0.05) is 25.3 Å². The van der Waals surface area contributed by atoms with Crippen molar-refractivity contribution in [1.29, 1.82) is 0 Å². The van der Waals surface area contributed by atoms with Crippen LogP contribution in [0.15, 0.2) is 36.0 Å². The third kappa shape index (κ3) is 2.10. The van der Waals surface area contributed by atoms with Gasteiger partial charge in [0.1, 0.15) is 0 Å². The summed E-state index contributed by atoms with van der Waals surface area (Å²) in [6.45, 7) is 0. The zero-order chi connectivity index (χ0) is 16.4. The van der Waals surface area contributed by atoms with Crippen molar-refractivity contribution >= 4 is 16.3 Å². The number of pyridine rings is 1. The first kappa shape index (κ1) is 14.5. The van der Waals surface area contributed by atoms with Crippen molar-refractivity contribution in [3.63, 3.8) is 0 Å². The molecule has 3 heterocycles. The van der Waals surface area contributed by atoms with Crippen molar-refractivity contribution in [2.45, 2.75) is 50.4 Å². The fraction of sp³-hybridized carbons (Fsp3) is 0.524. The first-order valence-electron chi connectivity index (χ1n) is 9.69. The molecule has 0 radical (unpaired) electrons. The molecule has 128 valence electrons. The zero-order valence-electron chi connectivity index (χ0n) is 14.4. The molecule has 3 bridgehead atoms. The Labute approximate surface area is 152 Å². The van der Waals surface area contributed by atoms with E-state index in [2.05, 4.69) is 33.1 Å². The lowest BCUT2D eigenvalue weighted by Gasteiger charge is -2.36. The van der Waals surface area contributed by atoms with E-state index < -0.39 is 0 Å². The predicted molar refractivity (Wildman–Crippen MR) is 101 cm³/mol. The molecule has 0 aliphatic heterocycles. The molecule has 4 unspecified atom stereocenters. The van der Waals surface area contributed by atoms with Crippen LogP contribution in [-0.4, -0.2) is 14.4 Å². The summed E-state index contributed by atoms with van der Waals surface area (Å²) >= 11 is 1.75. The van der Waals surface area contributed by atoms with E-state index in [-0.39, 0.29) is 0 Å². The molecule has 0 saturated heterocycles. The molecule has 3 aromatic heterocycles. The Morgan fingerprint density at radius 1 is 1.12 bits per heavy atom. The highest BCUT2D eigenvalue weighted by molar-refractivity contribution is 7.15. The number of hydrogen-bond acceptors (Lipinski definition) is 3. The molecular formula is C21H23N3S. The largest absolute Gasteiger partial charge is 0.288 e. The Bertz CT molecular complexity index is 923. The van der Waals surface area contributed by atoms with Crippen molar-refractivity contribution < 1.29 is 0 Å². The highest BCUT2D eigenvalue weighted by Crippen LogP contribution is 2.60. The Morgan fingerprint density at radius 2 is 2.08 bits per heavy atom. The van der Waals surface area contributed by atoms with Gasteiger partial charge in [-0.25, -0.2) is 4.98 Å². The molecule has 25 heavy (non-hydrogen) atoms. The number of hydrogen-bond donors (Lipinski definition) is 0. The van der Waals surface area contributed by atoms with Crippen LogP contribution in [-0.2, 0) is 5.41 Å². The molecule has 3 saturated carbocycles. The summed E-state index contributed by atoms with van der Waals surface area (Å²) in [6.07, 6.45) is 14.2. The van der Waals surface area contributed by atoms with Gasteiger partial charge in [-0.3, -0.25) is 9.38 Å². The van der Waals surface area contributed by atoms with Crippen LogP contribution in [0.2, 0.25) is 0 Å². The highest BCUT2D eigenvalue weighted by Gasteiger charge is 2.53. The second-order valence-electron chi connectivity index (χ2n) is 8.56. The standard InChI is InChI=1S/C21H23N3S/c1-2-7-22-17(6-1)18-13-25-20-23-19(12-24(18)20)21-9-14-4-3-5-15(10-21)16(8-14)11-21/h1-2,6-7,12-16H,3-5,8-11H2. The lowest BCUT2D eigenvalue weighted by atomic mass is 9.68. The average molecular weight is 350 g/mol. The molecule has 0 spiro atoms. The molecule has 3 aliphatic rings. The van der Waals surface area contributed by atoms with Gasteiger partial charge in [0.15, 0.2) is 4.96 Å². The zero-order valence-corrected chi connectivity index (χ0v) is 15.2. The number of imidazole rings is 1. The molecule has 6 rings (SSSR count). The van der Waals surface area contributed by atoms with Gasteiger partial charge in [0.25, 0.3) is 0 Å². The van der Waals surface area contributed by atoms with Crippen LogP contribution in [0.25, 0.3) is 16.3 Å². The lowest BCUT2D eigenvalue weighted by molar-refractivity contribution is 0.215. The second kappa shape index (κ2) is 5.16. The molecule has 0 amide bonds. The van der Waals surface area contributed by atoms with Crippen LogP contribution < -0.4 is 0 Å². The van der Waals surface area contributed by atoms with Gasteiger partial charge in [0, 0.05) is 23.2 Å². The normalized spacial score (nSPS) is 33.8. The maximum Gasteiger partial charge on any atom is 0.194 e. The van der Waals surface area contributed by atoms with Crippen LogP contribution in [0, 0.1) is 17.8 Å². The second-order valence-corrected chi connectivity index (χ2v) is 9.40. The summed E-state index contributed by atoms with van der Waals surface area (Å²) in [5.41, 5.74) is 3.96. The van der Waals surface area contributed by atoms with Gasteiger partial charge in [-0.15, -0.1) is 11.3 Å². The Morgan fingerprint density at radius 3 is 3.00 bits per heavy atom. The average Bonchev–Trinajstić information content (AvgIpc) is 3.25. The molecule has 3 nitrogen and oxygen atoms in total. The lowest BCUT2D eigenvalue weighted by Crippen LogP contribution is -2.31. The van der Waals surface area contributed by atoms with Crippen LogP contribution >= 0.6 is 11.3 Å². The summed E-state index contributed by atoms with van der Waals surface area (Å²) in [5, 5.41) is 2.19. The fourth-order valence-electron chi connectivity index (χ4n) is 6.20. The monoisotopic (exact) mass is 349 g/mol. The van der Waals surface area contributed by atoms with Crippen molar-refractivity contribution in [2.75, 3.05) is 0 Å². The first-order chi connectivity index (χ1) is 12.3. The maximum absolute atomic E-state index is 5.13. The van der Waals surface area contributed by atoms with E-state index in [0.717, 1.165) is 28.4 Å². The summed E-state index contributed by atoms with van der Waals surface area (Å²) in [7, 11) is 0. The van der Waals surface area contributed by atoms with Gasteiger partial charge < -0.3 is 0 Å². The predicted octanol–water partition coefficient (Wildman–Crippen LogP) is 5.32. The van der Waals surface area contributed by atoms with Gasteiger partial charge in [-0.2, -0.15) is 0 Å². The summed E-state index contributed by atoms with van der Waals surface area (Å²) in [5.74, 6) is 2.87. The van der Waals surface area contributed by atoms with Gasteiger partial charge in [0.05, 0.1) is 17.1 Å². The van der Waals surface area contributed by atoms with Crippen LogP contribution in [0.1, 0.15) is 50.6 Å². The van der Waals surface area contributed by atoms with E-state index in [1.165, 1.54) is 56.3 Å². The summed E-state index contributed by atoms with van der Waals surface area (Å²) < 4.78 is 2.29. The molecule has 0 aromatic carbocycles. The summed E-state index contributed by atoms with van der Waals surface area (Å²) in [6, 6.07) is 6.13. The van der Waals surface area contributed by atoms with Crippen LogP contribution in [0.3, 0.4) is 0 Å². The molecule has 3 aliphatic carbocycles. The van der Waals surface area contributed by atoms with E-state index in [4.69, 9.17) is 4.98 Å². The quantitative estimate of drug-likeness (QED) is 0.627. The first-order valence-corrected chi connectivity index (χ1v) is 10.6. The van der Waals surface area contributed by atoms with E-state index in [1.54, 1.807) is 11.3 Å².